The third kappa shape index (κ3) is 10.7. The number of hydrogen-bond acceptors (Lipinski definition) is 23. The monoisotopic (exact) mass is 1110 g/mol. The van der Waals surface area contributed by atoms with Crippen molar-refractivity contribution in [2.24, 2.45) is 22.7 Å². The minimum atomic E-state index is -1.90. The van der Waals surface area contributed by atoms with Crippen molar-refractivity contribution in [3.63, 3.8) is 0 Å². The first-order chi connectivity index (χ1) is 36.8. The van der Waals surface area contributed by atoms with E-state index >= 15 is 0 Å². The van der Waals surface area contributed by atoms with E-state index in [-0.39, 0.29) is 37.6 Å². The van der Waals surface area contributed by atoms with Crippen molar-refractivity contribution in [2.75, 3.05) is 27.9 Å². The summed E-state index contributed by atoms with van der Waals surface area (Å²) in [7, 11) is 4.46. The van der Waals surface area contributed by atoms with Crippen molar-refractivity contribution in [1.82, 2.24) is 0 Å². The molecular formula is C55H86O23. The zero-order valence-electron chi connectivity index (χ0n) is 47.0. The van der Waals surface area contributed by atoms with Gasteiger partial charge in [0.15, 0.2) is 25.2 Å². The zero-order valence-corrected chi connectivity index (χ0v) is 47.0. The number of fused-ring (bicyclic) bond motifs is 5. The van der Waals surface area contributed by atoms with Gasteiger partial charge in [0, 0.05) is 63.9 Å². The van der Waals surface area contributed by atoms with Crippen molar-refractivity contribution in [2.45, 2.75) is 254 Å². The van der Waals surface area contributed by atoms with E-state index in [1.807, 2.05) is 19.9 Å². The zero-order chi connectivity index (χ0) is 57.1. The first-order valence-corrected chi connectivity index (χ1v) is 27.6. The molecule has 23 heteroatoms. The average Bonchev–Trinajstić information content (AvgIpc) is 3.24. The molecule has 27 unspecified atom stereocenters. The number of carbonyl (C=O) groups excluding carboxylic acids is 3. The van der Waals surface area contributed by atoms with Crippen LogP contribution in [0.5, 0.6) is 0 Å². The summed E-state index contributed by atoms with van der Waals surface area (Å²) in [4.78, 5) is 40.1. The maximum Gasteiger partial charge on any atom is 0.333 e. The summed E-state index contributed by atoms with van der Waals surface area (Å²) in [5.41, 5.74) is -4.93. The van der Waals surface area contributed by atoms with E-state index in [0.29, 0.717) is 31.3 Å². The first-order valence-electron chi connectivity index (χ1n) is 27.6. The largest absolute Gasteiger partial charge is 0.458 e. The van der Waals surface area contributed by atoms with Crippen LogP contribution in [0.3, 0.4) is 0 Å². The minimum absolute atomic E-state index is 0.00443. The second kappa shape index (κ2) is 23.9. The molecule has 78 heavy (non-hydrogen) atoms. The van der Waals surface area contributed by atoms with E-state index in [9.17, 15) is 50.1 Å². The normalized spacial score (nSPS) is 49.7. The van der Waals surface area contributed by atoms with Gasteiger partial charge in [0.05, 0.1) is 43.2 Å². The number of esters is 2. The quantitative estimate of drug-likeness (QED) is 0.0648. The van der Waals surface area contributed by atoms with Gasteiger partial charge in [-0.05, 0) is 85.5 Å². The van der Waals surface area contributed by atoms with E-state index in [4.69, 9.17) is 61.6 Å². The van der Waals surface area contributed by atoms with Crippen molar-refractivity contribution in [1.29, 1.82) is 0 Å². The number of carbonyl (C=O) groups is 3. The van der Waals surface area contributed by atoms with E-state index < -0.39 is 175 Å². The molecule has 4 heterocycles. The summed E-state index contributed by atoms with van der Waals surface area (Å²) in [6.45, 7) is 14.3. The average molecular weight is 1120 g/mol. The molecule has 0 aromatic heterocycles. The Kier molecular flexibility index (Phi) is 18.8. The maximum atomic E-state index is 13.7. The molecule has 23 nitrogen and oxygen atoms in total. The standard InChI is InChI=1S/C55H86O23/c1-13-24(2)49(63)78-48-46(72-29(7)58)47-52(8)17-15-31(20-30(52)14-18-54(47,64)55(65)19-16-32(25(3)57)53(48,55)9)73-36-21-33(66-10)42(26(4)69-36)75-37-22-34(67-11)43(27(5)70-37)76-51-41(62)45(68-12)44(28(6)71-51)77-50-40(61)39(60)38(59)35(23-56)74-50/h13-14,26-28,31-48,50-51,56,59-62,64-65H,15-23H2,1-12H3. The van der Waals surface area contributed by atoms with E-state index in [1.54, 1.807) is 47.8 Å². The van der Waals surface area contributed by atoms with E-state index in [1.165, 1.54) is 28.1 Å². The van der Waals surface area contributed by atoms with Gasteiger partial charge in [-0.25, -0.2) is 4.79 Å². The fourth-order valence-electron chi connectivity index (χ4n) is 14.8. The molecule has 8 rings (SSSR count). The molecule has 0 bridgehead atoms. The Labute approximate surface area is 456 Å². The van der Waals surface area contributed by atoms with Gasteiger partial charge in [-0.15, -0.1) is 0 Å². The highest BCUT2D eigenvalue weighted by Crippen LogP contribution is 2.70. The summed E-state index contributed by atoms with van der Waals surface area (Å²) >= 11 is 0. The van der Waals surface area contributed by atoms with Gasteiger partial charge in [0.25, 0.3) is 0 Å². The molecule has 8 aliphatic rings. The van der Waals surface area contributed by atoms with E-state index in [0.717, 1.165) is 5.57 Å². The van der Waals surface area contributed by atoms with Crippen LogP contribution in [0.15, 0.2) is 23.3 Å². The Hall–Kier alpha value is -2.63. The molecule has 0 spiro atoms. The second-order valence-electron chi connectivity index (χ2n) is 23.4. The van der Waals surface area contributed by atoms with Crippen molar-refractivity contribution >= 4 is 17.7 Å². The van der Waals surface area contributed by atoms with Gasteiger partial charge in [0.2, 0.25) is 0 Å². The van der Waals surface area contributed by atoms with Crippen LogP contribution < -0.4 is 0 Å². The molecule has 0 aromatic rings. The summed E-state index contributed by atoms with van der Waals surface area (Å²) in [5, 5.41) is 78.6. The van der Waals surface area contributed by atoms with Gasteiger partial charge in [-0.3, -0.25) is 9.59 Å². The van der Waals surface area contributed by atoms with Crippen LogP contribution in [0.25, 0.3) is 0 Å². The predicted molar refractivity (Wildman–Crippen MR) is 268 cm³/mol. The molecule has 444 valence electrons. The summed E-state index contributed by atoms with van der Waals surface area (Å²) in [6, 6.07) is 0. The summed E-state index contributed by atoms with van der Waals surface area (Å²) in [5.74, 6) is -3.29. The van der Waals surface area contributed by atoms with Crippen LogP contribution in [-0.4, -0.2) is 222 Å². The summed E-state index contributed by atoms with van der Waals surface area (Å²) in [6.07, 6.45) is -15.7. The molecule has 4 aliphatic carbocycles. The van der Waals surface area contributed by atoms with E-state index in [2.05, 4.69) is 0 Å². The van der Waals surface area contributed by atoms with Crippen LogP contribution in [0, 0.1) is 22.7 Å². The molecule has 7 fully saturated rings. The Morgan fingerprint density at radius 3 is 1.86 bits per heavy atom. The number of ketones is 1. The molecule has 0 aromatic carbocycles. The number of Topliss-reactive ketones (excluding diaryl/α,β-unsaturated/α-hetero) is 1. The molecule has 27 atom stereocenters. The van der Waals surface area contributed by atoms with Gasteiger partial charge >= 0.3 is 11.9 Å². The molecular weight excluding hydrogens is 1030 g/mol. The summed E-state index contributed by atoms with van der Waals surface area (Å²) < 4.78 is 80.4. The smallest absolute Gasteiger partial charge is 0.333 e. The molecule has 3 saturated carbocycles. The minimum Gasteiger partial charge on any atom is -0.458 e. The third-order valence-electron chi connectivity index (χ3n) is 19.1. The number of methoxy groups -OCH3 is 3. The number of rotatable bonds is 16. The number of ether oxygens (including phenoxy) is 13. The maximum absolute atomic E-state index is 13.7. The van der Waals surface area contributed by atoms with Crippen LogP contribution in [0.2, 0.25) is 0 Å². The van der Waals surface area contributed by atoms with Crippen molar-refractivity contribution in [3.8, 4) is 0 Å². The predicted octanol–water partition coefficient (Wildman–Crippen LogP) is 1.17. The SMILES string of the molecule is CC=C(C)C(=O)OC1C(OC(C)=O)C2C3(C)CCC(OC4CC(OC)C(OC5CC(OC)C(OC6OC(C)C(OC7OC(CO)C(O)C(O)C7O)C(OC)C6O)C(C)O5)C(C)O4)CC3=CCC2(O)C2(O)CCC(C(C)=O)C12C. The lowest BCUT2D eigenvalue weighted by Gasteiger charge is -2.68. The van der Waals surface area contributed by atoms with Gasteiger partial charge < -0.3 is 97.3 Å². The lowest BCUT2D eigenvalue weighted by atomic mass is 9.42. The topological polar surface area (TPSA) is 313 Å². The highest BCUT2D eigenvalue weighted by atomic mass is 16.8. The molecule has 0 amide bonds. The van der Waals surface area contributed by atoms with Crippen LogP contribution in [0.4, 0.5) is 0 Å². The molecule has 7 N–H and O–H groups in total. The Bertz CT molecular complexity index is 2190. The van der Waals surface area contributed by atoms with Gasteiger partial charge in [-0.2, -0.15) is 0 Å². The molecule has 4 saturated heterocycles. The van der Waals surface area contributed by atoms with Crippen molar-refractivity contribution < 1.29 is 112 Å². The Morgan fingerprint density at radius 2 is 1.28 bits per heavy atom. The highest BCUT2D eigenvalue weighted by molar-refractivity contribution is 5.88. The molecule has 4 aliphatic heterocycles. The number of allylic oxidation sites excluding steroid dienone is 1. The first kappa shape index (κ1) is 61.4. The van der Waals surface area contributed by atoms with Crippen molar-refractivity contribution in [3.05, 3.63) is 23.3 Å². The highest BCUT2D eigenvalue weighted by Gasteiger charge is 2.81. The molecule has 0 radical (unpaired) electrons. The Balaban J connectivity index is 0.908. The van der Waals surface area contributed by atoms with Gasteiger partial charge in [-0.1, -0.05) is 31.6 Å². The van der Waals surface area contributed by atoms with Crippen LogP contribution in [0.1, 0.15) is 114 Å². The van der Waals surface area contributed by atoms with Crippen LogP contribution >= 0.6 is 0 Å². The third-order valence-corrected chi connectivity index (χ3v) is 19.1. The number of hydrogen-bond donors (Lipinski definition) is 7. The van der Waals surface area contributed by atoms with Crippen LogP contribution in [-0.2, 0) is 76.0 Å². The van der Waals surface area contributed by atoms with Gasteiger partial charge in [0.1, 0.15) is 84.1 Å². The number of aliphatic hydroxyl groups is 7. The lowest BCUT2D eigenvalue weighted by molar-refractivity contribution is -0.373. The fourth-order valence-corrected chi connectivity index (χ4v) is 14.8. The fraction of sp³-hybridized carbons (Fsp3) is 0.873. The number of aliphatic hydroxyl groups excluding tert-OH is 5. The Morgan fingerprint density at radius 1 is 0.692 bits per heavy atom. The second-order valence-corrected chi connectivity index (χ2v) is 23.4. The lowest BCUT2D eigenvalue weighted by Crippen LogP contribution is -2.80.